The first kappa shape index (κ1) is 17.3. The summed E-state index contributed by atoms with van der Waals surface area (Å²) >= 11 is 0. The smallest absolute Gasteiger partial charge is 0.305 e. The summed E-state index contributed by atoms with van der Waals surface area (Å²) in [5.41, 5.74) is 1.71. The number of ether oxygens (including phenoxy) is 1. The SMILES string of the molecule is COC(=O)CCC(NCCCO)C(=O)c1ccc(C)cc1. The van der Waals surface area contributed by atoms with Crippen molar-refractivity contribution in [1.82, 2.24) is 5.32 Å². The van der Waals surface area contributed by atoms with Crippen LogP contribution in [0.5, 0.6) is 0 Å². The van der Waals surface area contributed by atoms with E-state index in [0.29, 0.717) is 24.9 Å². The number of aliphatic hydroxyl groups is 1. The van der Waals surface area contributed by atoms with Crippen LogP contribution >= 0.6 is 0 Å². The summed E-state index contributed by atoms with van der Waals surface area (Å²) in [6.07, 6.45) is 1.13. The Bertz CT molecular complexity index is 456. The van der Waals surface area contributed by atoms with Gasteiger partial charge in [-0.15, -0.1) is 0 Å². The molecule has 0 fully saturated rings. The Balaban J connectivity index is 2.70. The molecule has 0 aliphatic carbocycles. The van der Waals surface area contributed by atoms with E-state index in [1.165, 1.54) is 7.11 Å². The number of carbonyl (C=O) groups excluding carboxylic acids is 2. The molecule has 1 aromatic carbocycles. The third-order valence-electron chi connectivity index (χ3n) is 3.24. The fourth-order valence-electron chi connectivity index (χ4n) is 1.96. The van der Waals surface area contributed by atoms with Crippen LogP contribution in [0.4, 0.5) is 0 Å². The van der Waals surface area contributed by atoms with E-state index in [0.717, 1.165) is 5.56 Å². The zero-order valence-electron chi connectivity index (χ0n) is 12.6. The average Bonchev–Trinajstić information content (AvgIpc) is 2.50. The van der Waals surface area contributed by atoms with Crippen molar-refractivity contribution in [1.29, 1.82) is 0 Å². The normalized spacial score (nSPS) is 12.0. The van der Waals surface area contributed by atoms with Gasteiger partial charge in [0.25, 0.3) is 0 Å². The number of nitrogens with one attached hydrogen (secondary N) is 1. The zero-order valence-corrected chi connectivity index (χ0v) is 12.6. The molecule has 0 radical (unpaired) electrons. The minimum Gasteiger partial charge on any atom is -0.469 e. The second-order valence-corrected chi connectivity index (χ2v) is 4.93. The highest BCUT2D eigenvalue weighted by Gasteiger charge is 2.20. The highest BCUT2D eigenvalue weighted by Crippen LogP contribution is 2.10. The van der Waals surface area contributed by atoms with Crippen molar-refractivity contribution in [3.63, 3.8) is 0 Å². The van der Waals surface area contributed by atoms with E-state index < -0.39 is 6.04 Å². The first-order valence-electron chi connectivity index (χ1n) is 7.10. The number of benzene rings is 1. The van der Waals surface area contributed by atoms with Crippen LogP contribution in [0.2, 0.25) is 0 Å². The second kappa shape index (κ2) is 9.26. The highest BCUT2D eigenvalue weighted by molar-refractivity contribution is 6.00. The number of methoxy groups -OCH3 is 1. The standard InChI is InChI=1S/C16H23NO4/c1-12-4-6-13(7-5-12)16(20)14(17-10-3-11-18)8-9-15(19)21-2/h4-7,14,17-18H,3,8-11H2,1-2H3. The summed E-state index contributed by atoms with van der Waals surface area (Å²) in [7, 11) is 1.33. The minimum atomic E-state index is -0.446. The molecular weight excluding hydrogens is 270 g/mol. The Morgan fingerprint density at radius 3 is 2.52 bits per heavy atom. The van der Waals surface area contributed by atoms with Gasteiger partial charge in [-0.3, -0.25) is 9.59 Å². The van der Waals surface area contributed by atoms with Gasteiger partial charge in [-0.1, -0.05) is 29.8 Å². The molecule has 0 saturated carbocycles. The molecule has 0 bridgehead atoms. The lowest BCUT2D eigenvalue weighted by molar-refractivity contribution is -0.140. The first-order valence-corrected chi connectivity index (χ1v) is 7.10. The maximum absolute atomic E-state index is 12.5. The van der Waals surface area contributed by atoms with Crippen LogP contribution in [-0.4, -0.2) is 43.2 Å². The van der Waals surface area contributed by atoms with Crippen molar-refractivity contribution in [2.24, 2.45) is 0 Å². The molecule has 1 unspecified atom stereocenters. The molecular formula is C16H23NO4. The van der Waals surface area contributed by atoms with Crippen LogP contribution in [0.3, 0.4) is 0 Å². The summed E-state index contributed by atoms with van der Waals surface area (Å²) in [5.74, 6) is -0.377. The lowest BCUT2D eigenvalue weighted by atomic mass is 9.99. The predicted molar refractivity (Wildman–Crippen MR) is 80.3 cm³/mol. The maximum atomic E-state index is 12.5. The van der Waals surface area contributed by atoms with Gasteiger partial charge in [0, 0.05) is 18.6 Å². The number of hydrogen-bond acceptors (Lipinski definition) is 5. The number of carbonyl (C=O) groups is 2. The van der Waals surface area contributed by atoms with Gasteiger partial charge in [-0.2, -0.15) is 0 Å². The topological polar surface area (TPSA) is 75.6 Å². The number of aryl methyl sites for hydroxylation is 1. The van der Waals surface area contributed by atoms with Crippen molar-refractivity contribution < 1.29 is 19.4 Å². The molecule has 1 aromatic rings. The molecule has 5 heteroatoms. The quantitative estimate of drug-likeness (QED) is 0.410. The Kier molecular flexibility index (Phi) is 7.64. The number of esters is 1. The van der Waals surface area contributed by atoms with Crippen molar-refractivity contribution in [3.8, 4) is 0 Å². The molecule has 0 saturated heterocycles. The lowest BCUT2D eigenvalue weighted by Gasteiger charge is -2.17. The fraction of sp³-hybridized carbons (Fsp3) is 0.500. The van der Waals surface area contributed by atoms with Crippen molar-refractivity contribution in [3.05, 3.63) is 35.4 Å². The summed E-state index contributed by atoms with van der Waals surface area (Å²) in [5, 5.41) is 11.9. The van der Waals surface area contributed by atoms with Gasteiger partial charge in [0.2, 0.25) is 0 Å². The van der Waals surface area contributed by atoms with E-state index in [4.69, 9.17) is 5.11 Å². The third kappa shape index (κ3) is 6.06. The first-order chi connectivity index (χ1) is 10.1. The zero-order chi connectivity index (χ0) is 15.7. The molecule has 0 aromatic heterocycles. The summed E-state index contributed by atoms with van der Waals surface area (Å²) in [4.78, 5) is 23.7. The number of rotatable bonds is 9. The maximum Gasteiger partial charge on any atom is 0.305 e. The molecule has 0 amide bonds. The van der Waals surface area contributed by atoms with E-state index in [2.05, 4.69) is 10.1 Å². The molecule has 1 atom stereocenters. The molecule has 116 valence electrons. The van der Waals surface area contributed by atoms with Crippen LogP contribution < -0.4 is 5.32 Å². The van der Waals surface area contributed by atoms with E-state index >= 15 is 0 Å². The molecule has 21 heavy (non-hydrogen) atoms. The van der Waals surface area contributed by atoms with Crippen LogP contribution in [0.25, 0.3) is 0 Å². The summed E-state index contributed by atoms with van der Waals surface area (Å²) in [6, 6.07) is 6.90. The Hall–Kier alpha value is -1.72. The van der Waals surface area contributed by atoms with Gasteiger partial charge < -0.3 is 15.2 Å². The monoisotopic (exact) mass is 293 g/mol. The predicted octanol–water partition coefficient (Wildman–Crippen LogP) is 1.47. The molecule has 0 aliphatic rings. The minimum absolute atomic E-state index is 0.0446. The van der Waals surface area contributed by atoms with Gasteiger partial charge in [-0.05, 0) is 26.3 Å². The second-order valence-electron chi connectivity index (χ2n) is 4.93. The van der Waals surface area contributed by atoms with Crippen LogP contribution in [0, 0.1) is 6.92 Å². The molecule has 0 aliphatic heterocycles. The van der Waals surface area contributed by atoms with Crippen molar-refractivity contribution in [2.75, 3.05) is 20.3 Å². The van der Waals surface area contributed by atoms with Gasteiger partial charge >= 0.3 is 5.97 Å². The van der Waals surface area contributed by atoms with Crippen molar-refractivity contribution in [2.45, 2.75) is 32.2 Å². The third-order valence-corrected chi connectivity index (χ3v) is 3.24. The van der Waals surface area contributed by atoms with E-state index in [-0.39, 0.29) is 24.8 Å². The summed E-state index contributed by atoms with van der Waals surface area (Å²) < 4.78 is 4.61. The van der Waals surface area contributed by atoms with E-state index in [1.807, 2.05) is 19.1 Å². The van der Waals surface area contributed by atoms with Crippen LogP contribution in [0.1, 0.15) is 35.2 Å². The summed E-state index contributed by atoms with van der Waals surface area (Å²) in [6.45, 7) is 2.55. The van der Waals surface area contributed by atoms with Gasteiger partial charge in [0.15, 0.2) is 5.78 Å². The number of Topliss-reactive ketones (excluding diaryl/α,β-unsaturated/α-hetero) is 1. The van der Waals surface area contributed by atoms with Gasteiger partial charge in [0.05, 0.1) is 13.2 Å². The number of ketones is 1. The molecule has 1 rings (SSSR count). The Morgan fingerprint density at radius 2 is 1.95 bits per heavy atom. The van der Waals surface area contributed by atoms with Gasteiger partial charge in [-0.25, -0.2) is 0 Å². The Labute approximate surface area is 125 Å². The lowest BCUT2D eigenvalue weighted by Crippen LogP contribution is -2.38. The van der Waals surface area contributed by atoms with Crippen molar-refractivity contribution >= 4 is 11.8 Å². The van der Waals surface area contributed by atoms with Gasteiger partial charge in [0.1, 0.15) is 0 Å². The van der Waals surface area contributed by atoms with Crippen LogP contribution in [-0.2, 0) is 9.53 Å². The molecule has 0 spiro atoms. The highest BCUT2D eigenvalue weighted by atomic mass is 16.5. The van der Waals surface area contributed by atoms with E-state index in [1.54, 1.807) is 12.1 Å². The largest absolute Gasteiger partial charge is 0.469 e. The number of aliphatic hydroxyl groups excluding tert-OH is 1. The van der Waals surface area contributed by atoms with E-state index in [9.17, 15) is 9.59 Å². The Morgan fingerprint density at radius 1 is 1.29 bits per heavy atom. The fourth-order valence-corrected chi connectivity index (χ4v) is 1.96. The average molecular weight is 293 g/mol. The molecule has 0 heterocycles. The number of hydrogen-bond donors (Lipinski definition) is 2. The van der Waals surface area contributed by atoms with Crippen LogP contribution in [0.15, 0.2) is 24.3 Å². The molecule has 2 N–H and O–H groups in total. The molecule has 5 nitrogen and oxygen atoms in total.